The van der Waals surface area contributed by atoms with Crippen LogP contribution in [0.25, 0.3) is 0 Å². The number of benzene rings is 1. The van der Waals surface area contributed by atoms with Gasteiger partial charge in [0.1, 0.15) is 0 Å². The van der Waals surface area contributed by atoms with Gasteiger partial charge in [-0.3, -0.25) is 0 Å². The zero-order valence-corrected chi connectivity index (χ0v) is 9.09. The third-order valence-corrected chi connectivity index (χ3v) is 2.61. The number of nitrogens with two attached hydrogens (primary N) is 3. The van der Waals surface area contributed by atoms with Gasteiger partial charge in [0.25, 0.3) is 0 Å². The van der Waals surface area contributed by atoms with Gasteiger partial charge in [0, 0.05) is 5.02 Å². The number of hydrogen-bond donors (Lipinski definition) is 3. The minimum absolute atomic E-state index is 0.109. The summed E-state index contributed by atoms with van der Waals surface area (Å²) >= 11 is 6.02. The van der Waals surface area contributed by atoms with Gasteiger partial charge in [-0.1, -0.05) is 29.8 Å². The fraction of sp³-hybridized carbons (Fsp3) is 0.111. The van der Waals surface area contributed by atoms with Crippen LogP contribution in [0.15, 0.2) is 24.3 Å². The minimum atomic E-state index is -0.552. The molecule has 0 saturated carbocycles. The molecule has 0 aliphatic carbocycles. The summed E-state index contributed by atoms with van der Waals surface area (Å²) in [5, 5.41) is 8.00. The van der Waals surface area contributed by atoms with Crippen molar-refractivity contribution < 1.29 is 0 Å². The fourth-order valence-electron chi connectivity index (χ4n) is 1.39. The second kappa shape index (κ2) is 3.99. The van der Waals surface area contributed by atoms with E-state index in [0.29, 0.717) is 10.8 Å². The van der Waals surface area contributed by atoms with Gasteiger partial charge in [0.15, 0.2) is 5.82 Å². The van der Waals surface area contributed by atoms with Crippen molar-refractivity contribution in [3.05, 3.63) is 40.7 Å². The standard InChI is InChI=1S/C9H11ClN6/c10-6-4-2-1-3-5(6)7(11)8-14-15-9(12)16(8)13/h1-4,7H,11,13H2,(H2,12,15)/t7-/m1/s1. The molecule has 1 aromatic heterocycles. The molecule has 2 rings (SSSR count). The second-order valence-electron chi connectivity index (χ2n) is 3.29. The van der Waals surface area contributed by atoms with Crippen LogP contribution in [0.5, 0.6) is 0 Å². The highest BCUT2D eigenvalue weighted by Crippen LogP contribution is 2.24. The molecular weight excluding hydrogens is 228 g/mol. The van der Waals surface area contributed by atoms with E-state index in [1.165, 1.54) is 0 Å². The molecule has 1 heterocycles. The highest BCUT2D eigenvalue weighted by Gasteiger charge is 2.18. The number of halogens is 1. The molecule has 0 amide bonds. The summed E-state index contributed by atoms with van der Waals surface area (Å²) in [6.45, 7) is 0. The van der Waals surface area contributed by atoms with Crippen LogP contribution in [-0.4, -0.2) is 14.9 Å². The first kappa shape index (κ1) is 10.7. The summed E-state index contributed by atoms with van der Waals surface area (Å²) in [6, 6.07) is 6.65. The molecule has 84 valence electrons. The highest BCUT2D eigenvalue weighted by molar-refractivity contribution is 6.31. The molecule has 0 radical (unpaired) electrons. The maximum Gasteiger partial charge on any atom is 0.240 e. The summed E-state index contributed by atoms with van der Waals surface area (Å²) in [7, 11) is 0. The normalized spacial score (nSPS) is 12.6. The van der Waals surface area contributed by atoms with E-state index in [9.17, 15) is 0 Å². The van der Waals surface area contributed by atoms with E-state index in [1.807, 2.05) is 12.1 Å². The summed E-state index contributed by atoms with van der Waals surface area (Å²) < 4.78 is 1.15. The lowest BCUT2D eigenvalue weighted by atomic mass is 10.1. The van der Waals surface area contributed by atoms with Crippen LogP contribution in [0.3, 0.4) is 0 Å². The Labute approximate surface area is 97.0 Å². The molecule has 16 heavy (non-hydrogen) atoms. The lowest BCUT2D eigenvalue weighted by molar-refractivity contribution is 0.740. The maximum absolute atomic E-state index is 6.02. The number of anilines is 1. The van der Waals surface area contributed by atoms with Crippen molar-refractivity contribution in [2.75, 3.05) is 11.6 Å². The number of nitrogens with zero attached hydrogens (tertiary/aromatic N) is 3. The van der Waals surface area contributed by atoms with E-state index in [4.69, 9.17) is 28.9 Å². The zero-order valence-electron chi connectivity index (χ0n) is 8.34. The predicted molar refractivity (Wildman–Crippen MR) is 62.1 cm³/mol. The van der Waals surface area contributed by atoms with Crippen molar-refractivity contribution in [1.29, 1.82) is 0 Å². The molecule has 0 unspecified atom stereocenters. The molecule has 0 aliphatic rings. The van der Waals surface area contributed by atoms with Gasteiger partial charge in [-0.25, -0.2) is 4.68 Å². The van der Waals surface area contributed by atoms with Crippen molar-refractivity contribution in [2.45, 2.75) is 6.04 Å². The number of hydrogen-bond acceptors (Lipinski definition) is 5. The average molecular weight is 239 g/mol. The summed E-state index contributed by atoms with van der Waals surface area (Å²) in [5.74, 6) is 6.11. The van der Waals surface area contributed by atoms with Gasteiger partial charge in [-0.2, -0.15) is 0 Å². The molecule has 6 nitrogen and oxygen atoms in total. The molecule has 0 saturated heterocycles. The Kier molecular flexibility index (Phi) is 2.67. The molecule has 2 aromatic rings. The fourth-order valence-corrected chi connectivity index (χ4v) is 1.65. The van der Waals surface area contributed by atoms with E-state index in [1.54, 1.807) is 12.1 Å². The van der Waals surface area contributed by atoms with Gasteiger partial charge in [-0.15, -0.1) is 10.2 Å². The van der Waals surface area contributed by atoms with Crippen LogP contribution in [0.4, 0.5) is 5.95 Å². The number of aromatic nitrogens is 3. The van der Waals surface area contributed by atoms with Crippen molar-refractivity contribution in [1.82, 2.24) is 14.9 Å². The first-order valence-electron chi connectivity index (χ1n) is 4.57. The van der Waals surface area contributed by atoms with Crippen LogP contribution in [0.1, 0.15) is 17.4 Å². The number of nitrogen functional groups attached to an aromatic ring is 2. The van der Waals surface area contributed by atoms with Crippen molar-refractivity contribution in [2.24, 2.45) is 5.73 Å². The largest absolute Gasteiger partial charge is 0.366 e. The van der Waals surface area contributed by atoms with E-state index in [2.05, 4.69) is 10.2 Å². The topological polar surface area (TPSA) is 109 Å². The van der Waals surface area contributed by atoms with Crippen LogP contribution < -0.4 is 17.3 Å². The predicted octanol–water partition coefficient (Wildman–Crippen LogP) is 0.276. The summed E-state index contributed by atoms with van der Waals surface area (Å²) in [4.78, 5) is 0. The molecular formula is C9H11ClN6. The SMILES string of the molecule is Nc1nnc([C@H](N)c2ccccc2Cl)n1N. The Morgan fingerprint density at radius 1 is 1.25 bits per heavy atom. The first-order chi connectivity index (χ1) is 7.61. The van der Waals surface area contributed by atoms with Gasteiger partial charge >= 0.3 is 0 Å². The van der Waals surface area contributed by atoms with Gasteiger partial charge < -0.3 is 17.3 Å². The van der Waals surface area contributed by atoms with E-state index < -0.39 is 6.04 Å². The Bertz CT molecular complexity index is 508. The molecule has 0 spiro atoms. The molecule has 1 aromatic carbocycles. The molecule has 0 aliphatic heterocycles. The van der Waals surface area contributed by atoms with Gasteiger partial charge in [-0.05, 0) is 11.6 Å². The van der Waals surface area contributed by atoms with Crippen LogP contribution >= 0.6 is 11.6 Å². The van der Waals surface area contributed by atoms with Gasteiger partial charge in [0.2, 0.25) is 5.95 Å². The quantitative estimate of drug-likeness (QED) is 0.651. The summed E-state index contributed by atoms with van der Waals surface area (Å²) in [6.07, 6.45) is 0. The highest BCUT2D eigenvalue weighted by atomic mass is 35.5. The minimum Gasteiger partial charge on any atom is -0.366 e. The second-order valence-corrected chi connectivity index (χ2v) is 3.69. The van der Waals surface area contributed by atoms with Gasteiger partial charge in [0.05, 0.1) is 6.04 Å². The molecule has 7 heteroatoms. The van der Waals surface area contributed by atoms with E-state index in [0.717, 1.165) is 10.2 Å². The summed E-state index contributed by atoms with van der Waals surface area (Å²) in [5.41, 5.74) is 12.2. The lowest BCUT2D eigenvalue weighted by Gasteiger charge is -2.12. The van der Waals surface area contributed by atoms with Crippen molar-refractivity contribution in [3.8, 4) is 0 Å². The average Bonchev–Trinajstić information content (AvgIpc) is 2.60. The smallest absolute Gasteiger partial charge is 0.240 e. The van der Waals surface area contributed by atoms with E-state index >= 15 is 0 Å². The third kappa shape index (κ3) is 1.68. The third-order valence-electron chi connectivity index (χ3n) is 2.27. The molecule has 6 N–H and O–H groups in total. The molecule has 0 fully saturated rings. The first-order valence-corrected chi connectivity index (χ1v) is 4.95. The monoisotopic (exact) mass is 238 g/mol. The maximum atomic E-state index is 6.02. The zero-order chi connectivity index (χ0) is 11.7. The Morgan fingerprint density at radius 2 is 1.94 bits per heavy atom. The van der Waals surface area contributed by atoms with Crippen molar-refractivity contribution in [3.63, 3.8) is 0 Å². The van der Waals surface area contributed by atoms with Crippen LogP contribution in [0, 0.1) is 0 Å². The van der Waals surface area contributed by atoms with Crippen LogP contribution in [-0.2, 0) is 0 Å². The Hall–Kier alpha value is -1.79. The number of rotatable bonds is 2. The Morgan fingerprint density at radius 3 is 2.50 bits per heavy atom. The molecule has 1 atom stereocenters. The van der Waals surface area contributed by atoms with Crippen LogP contribution in [0.2, 0.25) is 5.02 Å². The van der Waals surface area contributed by atoms with Crippen molar-refractivity contribution >= 4 is 17.5 Å². The van der Waals surface area contributed by atoms with E-state index in [-0.39, 0.29) is 5.95 Å². The molecule has 0 bridgehead atoms. The Balaban J connectivity index is 2.43. The lowest BCUT2D eigenvalue weighted by Crippen LogP contribution is -2.23.